The molecule has 4 rings (SSSR count). The first kappa shape index (κ1) is 21.8. The summed E-state index contributed by atoms with van der Waals surface area (Å²) < 4.78 is 2.21. The molecule has 7 nitrogen and oxygen atoms in total. The fourth-order valence-corrected chi connectivity index (χ4v) is 4.82. The van der Waals surface area contributed by atoms with E-state index in [4.69, 9.17) is 9.97 Å². The number of fused-ring (bicyclic) bond motifs is 3. The molecule has 2 amide bonds. The maximum atomic E-state index is 13.4. The Balaban J connectivity index is 1.45. The van der Waals surface area contributed by atoms with Crippen molar-refractivity contribution >= 4 is 23.0 Å². The minimum atomic E-state index is 0.00791. The number of aromatic nitrogens is 3. The lowest BCUT2D eigenvalue weighted by atomic mass is 9.95. The van der Waals surface area contributed by atoms with Gasteiger partial charge >= 0.3 is 0 Å². The first-order valence-electron chi connectivity index (χ1n) is 12.0. The average Bonchev–Trinajstić information content (AvgIpc) is 2.96. The van der Waals surface area contributed by atoms with Gasteiger partial charge in [-0.15, -0.1) is 0 Å². The Kier molecular flexibility index (Phi) is 6.88. The molecule has 2 aliphatic heterocycles. The molecular weight excluding hydrogens is 390 g/mol. The molecule has 2 aromatic heterocycles. The van der Waals surface area contributed by atoms with Crippen LogP contribution in [0.25, 0.3) is 11.2 Å². The molecule has 2 aliphatic rings. The highest BCUT2D eigenvalue weighted by atomic mass is 16.2. The maximum Gasteiger partial charge on any atom is 0.256 e. The van der Waals surface area contributed by atoms with Crippen molar-refractivity contribution in [2.75, 3.05) is 19.6 Å². The molecule has 0 saturated carbocycles. The quantitative estimate of drug-likeness (QED) is 0.717. The van der Waals surface area contributed by atoms with Gasteiger partial charge in [0.1, 0.15) is 11.3 Å². The van der Waals surface area contributed by atoms with Crippen molar-refractivity contribution in [2.45, 2.75) is 78.2 Å². The molecule has 0 radical (unpaired) electrons. The van der Waals surface area contributed by atoms with Gasteiger partial charge in [0.05, 0.1) is 5.56 Å². The molecule has 0 aliphatic carbocycles. The third kappa shape index (κ3) is 4.75. The standard InChI is InChI=1S/C24H35N5O2/c1-3-4-7-12-25-23(30)18-10-14-28(15-11-18)24(31)19-16-17(2)26-22-21(19)27-20-9-6-5-8-13-29(20)22/h16,18H,3-15H2,1-2H3,(H,25,30). The molecule has 1 saturated heterocycles. The van der Waals surface area contributed by atoms with Crippen LogP contribution in [0.3, 0.4) is 0 Å². The van der Waals surface area contributed by atoms with E-state index in [1.54, 1.807) is 0 Å². The monoisotopic (exact) mass is 425 g/mol. The van der Waals surface area contributed by atoms with Crippen LogP contribution in [0.4, 0.5) is 0 Å². The van der Waals surface area contributed by atoms with Crippen molar-refractivity contribution in [1.82, 2.24) is 24.8 Å². The number of carbonyl (C=O) groups excluding carboxylic acids is 2. The lowest BCUT2D eigenvalue weighted by Gasteiger charge is -2.31. The molecule has 0 spiro atoms. The molecular formula is C24H35N5O2. The second-order valence-corrected chi connectivity index (χ2v) is 9.04. The summed E-state index contributed by atoms with van der Waals surface area (Å²) in [6.45, 7) is 7.01. The molecule has 1 N–H and O–H groups in total. The summed E-state index contributed by atoms with van der Waals surface area (Å²) in [6.07, 6.45) is 9.20. The second-order valence-electron chi connectivity index (χ2n) is 9.04. The number of hydrogen-bond acceptors (Lipinski definition) is 4. The lowest BCUT2D eigenvalue weighted by Crippen LogP contribution is -2.43. The van der Waals surface area contributed by atoms with E-state index in [2.05, 4.69) is 16.8 Å². The smallest absolute Gasteiger partial charge is 0.256 e. The lowest BCUT2D eigenvalue weighted by molar-refractivity contribution is -0.126. The molecule has 168 valence electrons. The van der Waals surface area contributed by atoms with Crippen molar-refractivity contribution in [3.05, 3.63) is 23.1 Å². The third-order valence-electron chi connectivity index (χ3n) is 6.66. The molecule has 1 fully saturated rings. The first-order valence-corrected chi connectivity index (χ1v) is 12.0. The van der Waals surface area contributed by atoms with Gasteiger partial charge < -0.3 is 14.8 Å². The molecule has 7 heteroatoms. The minimum Gasteiger partial charge on any atom is -0.356 e. The number of rotatable bonds is 6. The van der Waals surface area contributed by atoms with Gasteiger partial charge in [0, 0.05) is 44.2 Å². The van der Waals surface area contributed by atoms with Gasteiger partial charge in [0.15, 0.2) is 5.65 Å². The topological polar surface area (TPSA) is 80.1 Å². The number of nitrogens with zero attached hydrogens (tertiary/aromatic N) is 4. The molecule has 0 bridgehead atoms. The zero-order valence-corrected chi connectivity index (χ0v) is 19.0. The van der Waals surface area contributed by atoms with E-state index < -0.39 is 0 Å². The second kappa shape index (κ2) is 9.79. The van der Waals surface area contributed by atoms with Crippen LogP contribution in [0.5, 0.6) is 0 Å². The van der Waals surface area contributed by atoms with Crippen LogP contribution in [0.15, 0.2) is 6.07 Å². The number of aryl methyl sites for hydroxylation is 3. The number of imidazole rings is 1. The fraction of sp³-hybridized carbons (Fsp3) is 0.667. The Hall–Kier alpha value is -2.44. The Morgan fingerprint density at radius 1 is 1.10 bits per heavy atom. The number of hydrogen-bond donors (Lipinski definition) is 1. The largest absolute Gasteiger partial charge is 0.356 e. The van der Waals surface area contributed by atoms with E-state index >= 15 is 0 Å². The van der Waals surface area contributed by atoms with Crippen molar-refractivity contribution in [3.8, 4) is 0 Å². The Morgan fingerprint density at radius 2 is 1.90 bits per heavy atom. The normalized spacial score (nSPS) is 17.4. The molecule has 0 atom stereocenters. The Labute approximate surface area is 184 Å². The van der Waals surface area contributed by atoms with Crippen molar-refractivity contribution in [1.29, 1.82) is 0 Å². The number of amides is 2. The van der Waals surface area contributed by atoms with E-state index in [0.717, 1.165) is 87.1 Å². The van der Waals surface area contributed by atoms with E-state index in [1.807, 2.05) is 17.9 Å². The van der Waals surface area contributed by atoms with Crippen LogP contribution in [-0.4, -0.2) is 50.9 Å². The van der Waals surface area contributed by atoms with Crippen LogP contribution in [-0.2, 0) is 17.8 Å². The summed E-state index contributed by atoms with van der Waals surface area (Å²) in [4.78, 5) is 37.3. The maximum absolute atomic E-state index is 13.4. The van der Waals surface area contributed by atoms with Crippen molar-refractivity contribution < 1.29 is 9.59 Å². The summed E-state index contributed by atoms with van der Waals surface area (Å²) in [6, 6.07) is 1.88. The number of carbonyl (C=O) groups is 2. The highest BCUT2D eigenvalue weighted by Gasteiger charge is 2.29. The summed E-state index contributed by atoms with van der Waals surface area (Å²) >= 11 is 0. The zero-order chi connectivity index (χ0) is 21.8. The predicted octanol–water partition coefficient (Wildman–Crippen LogP) is 3.62. The summed E-state index contributed by atoms with van der Waals surface area (Å²) in [5.41, 5.74) is 3.10. The number of piperidine rings is 1. The number of likely N-dealkylation sites (tertiary alicyclic amines) is 1. The summed E-state index contributed by atoms with van der Waals surface area (Å²) in [7, 11) is 0. The van der Waals surface area contributed by atoms with E-state index in [1.165, 1.54) is 6.42 Å². The van der Waals surface area contributed by atoms with Gasteiger partial charge in [-0.1, -0.05) is 26.2 Å². The van der Waals surface area contributed by atoms with Crippen LogP contribution in [0, 0.1) is 12.8 Å². The molecule has 0 unspecified atom stereocenters. The highest BCUT2D eigenvalue weighted by Crippen LogP contribution is 2.26. The SMILES string of the molecule is CCCCCNC(=O)C1CCN(C(=O)c2cc(C)nc3c2nc2n3CCCCC2)CC1. The predicted molar refractivity (Wildman–Crippen MR) is 121 cm³/mol. The number of nitrogens with one attached hydrogen (secondary N) is 1. The van der Waals surface area contributed by atoms with Gasteiger partial charge in [0.2, 0.25) is 5.91 Å². The van der Waals surface area contributed by atoms with Gasteiger partial charge in [-0.05, 0) is 45.1 Å². The Morgan fingerprint density at radius 3 is 2.68 bits per heavy atom. The van der Waals surface area contributed by atoms with E-state index in [0.29, 0.717) is 18.7 Å². The van der Waals surface area contributed by atoms with Gasteiger partial charge in [-0.3, -0.25) is 9.59 Å². The molecule has 0 aromatic carbocycles. The third-order valence-corrected chi connectivity index (χ3v) is 6.66. The highest BCUT2D eigenvalue weighted by molar-refractivity contribution is 6.04. The van der Waals surface area contributed by atoms with E-state index in [-0.39, 0.29) is 17.7 Å². The van der Waals surface area contributed by atoms with Gasteiger partial charge in [-0.25, -0.2) is 9.97 Å². The van der Waals surface area contributed by atoms with E-state index in [9.17, 15) is 9.59 Å². The number of unbranched alkanes of at least 4 members (excludes halogenated alkanes) is 2. The number of pyridine rings is 1. The average molecular weight is 426 g/mol. The van der Waals surface area contributed by atoms with Crippen LogP contribution in [0.2, 0.25) is 0 Å². The molecule has 2 aromatic rings. The molecule has 4 heterocycles. The first-order chi connectivity index (χ1) is 15.1. The Bertz CT molecular complexity index is 943. The molecule has 31 heavy (non-hydrogen) atoms. The minimum absolute atomic E-state index is 0.00791. The van der Waals surface area contributed by atoms with Crippen LogP contribution < -0.4 is 5.32 Å². The van der Waals surface area contributed by atoms with Gasteiger partial charge in [-0.2, -0.15) is 0 Å². The van der Waals surface area contributed by atoms with Crippen LogP contribution in [0.1, 0.15) is 80.2 Å². The summed E-state index contributed by atoms with van der Waals surface area (Å²) in [5.74, 6) is 1.22. The zero-order valence-electron chi connectivity index (χ0n) is 19.0. The summed E-state index contributed by atoms with van der Waals surface area (Å²) in [5, 5.41) is 3.06. The van der Waals surface area contributed by atoms with Crippen LogP contribution >= 0.6 is 0 Å². The van der Waals surface area contributed by atoms with Crippen molar-refractivity contribution in [2.24, 2.45) is 5.92 Å². The van der Waals surface area contributed by atoms with Crippen molar-refractivity contribution in [3.63, 3.8) is 0 Å². The fourth-order valence-electron chi connectivity index (χ4n) is 4.82. The van der Waals surface area contributed by atoms with Gasteiger partial charge in [0.25, 0.3) is 5.91 Å².